The van der Waals surface area contributed by atoms with E-state index in [9.17, 15) is 13.2 Å². The smallest absolute Gasteiger partial charge is 0.410 e. The Labute approximate surface area is 121 Å². The van der Waals surface area contributed by atoms with E-state index in [4.69, 9.17) is 4.74 Å². The van der Waals surface area contributed by atoms with Gasteiger partial charge >= 0.3 is 6.09 Å². The second kappa shape index (κ2) is 6.30. The third-order valence-electron chi connectivity index (χ3n) is 3.00. The van der Waals surface area contributed by atoms with Crippen molar-refractivity contribution >= 4 is 15.9 Å². The molecule has 1 saturated heterocycles. The molecule has 1 unspecified atom stereocenters. The minimum Gasteiger partial charge on any atom is -0.444 e. The Hall–Kier alpha value is -0.820. The topological polar surface area (TPSA) is 75.7 Å². The minimum atomic E-state index is -2.97. The highest BCUT2D eigenvalue weighted by molar-refractivity contribution is 7.91. The van der Waals surface area contributed by atoms with Crippen molar-refractivity contribution in [2.75, 3.05) is 24.6 Å². The molecule has 0 spiro atoms. The van der Waals surface area contributed by atoms with E-state index in [0.29, 0.717) is 13.1 Å². The number of hydrogen-bond donors (Lipinski definition) is 1. The SMILES string of the molecule is CCS(=O)(=O)CC(C)NC1CN(C(=O)OC(C)(C)C)C1. The molecule has 0 saturated carbocycles. The summed E-state index contributed by atoms with van der Waals surface area (Å²) in [5.41, 5.74) is -0.488. The highest BCUT2D eigenvalue weighted by atomic mass is 32.2. The first-order chi connectivity index (χ1) is 9.02. The van der Waals surface area contributed by atoms with E-state index in [1.165, 1.54) is 0 Å². The molecule has 1 aliphatic heterocycles. The molecule has 0 aromatic heterocycles. The number of hydrogen-bond acceptors (Lipinski definition) is 5. The van der Waals surface area contributed by atoms with E-state index in [2.05, 4.69) is 5.32 Å². The second-order valence-corrected chi connectivity index (χ2v) is 8.75. The standard InChI is InChI=1S/C13H26N2O4S/c1-6-20(17,18)9-10(2)14-11-7-15(8-11)12(16)19-13(3,4)5/h10-11,14H,6-9H2,1-5H3. The molecule has 1 amide bonds. The van der Waals surface area contributed by atoms with Crippen LogP contribution in [0.3, 0.4) is 0 Å². The average Bonchev–Trinajstić information content (AvgIpc) is 2.19. The van der Waals surface area contributed by atoms with Crippen LogP contribution in [-0.4, -0.2) is 61.7 Å². The highest BCUT2D eigenvalue weighted by Gasteiger charge is 2.34. The Morgan fingerprint density at radius 3 is 2.40 bits per heavy atom. The van der Waals surface area contributed by atoms with Gasteiger partial charge in [-0.3, -0.25) is 0 Å². The van der Waals surface area contributed by atoms with Gasteiger partial charge in [-0.25, -0.2) is 13.2 Å². The van der Waals surface area contributed by atoms with Gasteiger partial charge in [-0.15, -0.1) is 0 Å². The van der Waals surface area contributed by atoms with Gasteiger partial charge in [0.25, 0.3) is 0 Å². The van der Waals surface area contributed by atoms with E-state index in [1.807, 2.05) is 27.7 Å². The Bertz CT molecular complexity index is 436. The lowest BCUT2D eigenvalue weighted by Crippen LogP contribution is -2.62. The van der Waals surface area contributed by atoms with E-state index >= 15 is 0 Å². The molecule has 0 aliphatic carbocycles. The van der Waals surface area contributed by atoms with Gasteiger partial charge in [0.1, 0.15) is 5.60 Å². The quantitative estimate of drug-likeness (QED) is 0.820. The van der Waals surface area contributed by atoms with Gasteiger partial charge in [0.05, 0.1) is 5.75 Å². The molecule has 7 heteroatoms. The van der Waals surface area contributed by atoms with Crippen molar-refractivity contribution in [1.29, 1.82) is 0 Å². The summed E-state index contributed by atoms with van der Waals surface area (Å²) in [6.07, 6.45) is -0.315. The van der Waals surface area contributed by atoms with E-state index < -0.39 is 15.4 Å². The zero-order valence-electron chi connectivity index (χ0n) is 13.0. The van der Waals surface area contributed by atoms with Crippen molar-refractivity contribution in [2.24, 2.45) is 0 Å². The summed E-state index contributed by atoms with van der Waals surface area (Å²) in [6, 6.07) is 0.0373. The molecule has 6 nitrogen and oxygen atoms in total. The second-order valence-electron chi connectivity index (χ2n) is 6.35. The van der Waals surface area contributed by atoms with Gasteiger partial charge in [-0.1, -0.05) is 6.92 Å². The lowest BCUT2D eigenvalue weighted by Gasteiger charge is -2.41. The van der Waals surface area contributed by atoms with Crippen LogP contribution in [0.1, 0.15) is 34.6 Å². The third-order valence-corrected chi connectivity index (χ3v) is 4.88. The van der Waals surface area contributed by atoms with Crippen molar-refractivity contribution in [3.05, 3.63) is 0 Å². The first kappa shape index (κ1) is 17.2. The highest BCUT2D eigenvalue weighted by Crippen LogP contribution is 2.15. The van der Waals surface area contributed by atoms with Crippen molar-refractivity contribution in [3.8, 4) is 0 Å². The number of nitrogens with one attached hydrogen (secondary N) is 1. The van der Waals surface area contributed by atoms with Crippen molar-refractivity contribution < 1.29 is 17.9 Å². The molecular weight excluding hydrogens is 280 g/mol. The predicted molar refractivity (Wildman–Crippen MR) is 78.5 cm³/mol. The fraction of sp³-hybridized carbons (Fsp3) is 0.923. The van der Waals surface area contributed by atoms with E-state index in [1.54, 1.807) is 11.8 Å². The van der Waals surface area contributed by atoms with Gasteiger partial charge < -0.3 is 15.0 Å². The molecule has 118 valence electrons. The molecule has 0 radical (unpaired) electrons. The van der Waals surface area contributed by atoms with Crippen molar-refractivity contribution in [1.82, 2.24) is 10.2 Å². The summed E-state index contributed by atoms with van der Waals surface area (Å²) in [7, 11) is -2.97. The molecule has 1 aliphatic rings. The van der Waals surface area contributed by atoms with Gasteiger partial charge in [-0.05, 0) is 27.7 Å². The molecule has 1 N–H and O–H groups in total. The number of nitrogens with zero attached hydrogens (tertiary/aromatic N) is 1. The average molecular weight is 306 g/mol. The van der Waals surface area contributed by atoms with Crippen LogP contribution in [0, 0.1) is 0 Å². The summed E-state index contributed by atoms with van der Waals surface area (Å²) >= 11 is 0. The first-order valence-electron chi connectivity index (χ1n) is 6.97. The van der Waals surface area contributed by atoms with Gasteiger partial charge in [-0.2, -0.15) is 0 Å². The predicted octanol–water partition coefficient (Wildman–Crippen LogP) is 1.02. The normalized spacial score (nSPS) is 18.6. The molecule has 0 aromatic rings. The number of ether oxygens (including phenoxy) is 1. The summed E-state index contributed by atoms with van der Waals surface area (Å²) in [5, 5.41) is 3.23. The first-order valence-corrected chi connectivity index (χ1v) is 8.79. The monoisotopic (exact) mass is 306 g/mol. The maximum Gasteiger partial charge on any atom is 0.410 e. The molecule has 1 fully saturated rings. The van der Waals surface area contributed by atoms with Crippen LogP contribution < -0.4 is 5.32 Å². The summed E-state index contributed by atoms with van der Waals surface area (Å²) in [5.74, 6) is 0.292. The zero-order valence-corrected chi connectivity index (χ0v) is 13.8. The zero-order chi connectivity index (χ0) is 15.6. The molecular formula is C13H26N2O4S. The van der Waals surface area contributed by atoms with Crippen LogP contribution in [-0.2, 0) is 14.6 Å². The van der Waals surface area contributed by atoms with Crippen LogP contribution in [0.2, 0.25) is 0 Å². The molecule has 1 atom stereocenters. The van der Waals surface area contributed by atoms with Gasteiger partial charge in [0.2, 0.25) is 0 Å². The van der Waals surface area contributed by atoms with Crippen LogP contribution in [0.5, 0.6) is 0 Å². The van der Waals surface area contributed by atoms with Crippen molar-refractivity contribution in [3.63, 3.8) is 0 Å². The lowest BCUT2D eigenvalue weighted by molar-refractivity contribution is 0.00458. The van der Waals surface area contributed by atoms with Crippen LogP contribution in [0.25, 0.3) is 0 Å². The fourth-order valence-corrected chi connectivity index (χ4v) is 3.10. The van der Waals surface area contributed by atoms with Crippen molar-refractivity contribution in [2.45, 2.75) is 52.3 Å². The largest absolute Gasteiger partial charge is 0.444 e. The van der Waals surface area contributed by atoms with Gasteiger partial charge in [0.15, 0.2) is 9.84 Å². The Morgan fingerprint density at radius 2 is 1.95 bits per heavy atom. The fourth-order valence-electron chi connectivity index (χ4n) is 2.01. The third kappa shape index (κ3) is 5.66. The van der Waals surface area contributed by atoms with Crippen LogP contribution in [0.4, 0.5) is 4.79 Å². The number of carbonyl (C=O) groups is 1. The lowest BCUT2D eigenvalue weighted by atomic mass is 10.1. The van der Waals surface area contributed by atoms with Crippen LogP contribution >= 0.6 is 0 Å². The Kier molecular flexibility index (Phi) is 5.43. The molecule has 1 heterocycles. The number of carbonyl (C=O) groups excluding carboxylic acids is 1. The molecule has 1 rings (SSSR count). The number of sulfone groups is 1. The number of rotatable bonds is 5. The molecule has 0 bridgehead atoms. The molecule has 0 aromatic carbocycles. The summed E-state index contributed by atoms with van der Waals surface area (Å²) < 4.78 is 28.3. The summed E-state index contributed by atoms with van der Waals surface area (Å²) in [4.78, 5) is 13.3. The number of amides is 1. The van der Waals surface area contributed by atoms with E-state index in [0.717, 1.165) is 0 Å². The Morgan fingerprint density at radius 1 is 1.40 bits per heavy atom. The Balaban J connectivity index is 2.30. The maximum absolute atomic E-state index is 11.7. The summed E-state index contributed by atoms with van der Waals surface area (Å²) in [6.45, 7) is 10.1. The van der Waals surface area contributed by atoms with Crippen LogP contribution in [0.15, 0.2) is 0 Å². The minimum absolute atomic E-state index is 0.106. The van der Waals surface area contributed by atoms with Gasteiger partial charge in [0, 0.05) is 30.9 Å². The maximum atomic E-state index is 11.7. The number of likely N-dealkylation sites (tertiary alicyclic amines) is 1. The van der Waals surface area contributed by atoms with E-state index in [-0.39, 0.29) is 29.7 Å². The molecule has 20 heavy (non-hydrogen) atoms.